The molecule has 10 nitrogen and oxygen atoms in total. The number of carbonyl (C=O) groups excluding carboxylic acids is 1. The van der Waals surface area contributed by atoms with Crippen LogP contribution in [0.2, 0.25) is 0 Å². The van der Waals surface area contributed by atoms with E-state index in [1.165, 1.54) is 0 Å². The van der Waals surface area contributed by atoms with Crippen molar-refractivity contribution in [1.82, 2.24) is 33.9 Å². The smallest absolute Gasteiger partial charge is 0.263 e. The first-order valence-corrected chi connectivity index (χ1v) is 12.0. The van der Waals surface area contributed by atoms with Crippen molar-refractivity contribution < 1.29 is 4.79 Å². The first kappa shape index (κ1) is 21.5. The largest absolute Gasteiger partial charge is 0.310 e. The van der Waals surface area contributed by atoms with Crippen molar-refractivity contribution in [1.29, 1.82) is 0 Å². The highest BCUT2D eigenvalue weighted by atomic mass is 16.2. The molecule has 1 fully saturated rings. The van der Waals surface area contributed by atoms with Crippen LogP contribution < -0.4 is 10.9 Å². The normalized spacial score (nSPS) is 14.9. The number of nitrogens with zero attached hydrogens (tertiary/aromatic N) is 7. The van der Waals surface area contributed by atoms with E-state index >= 15 is 0 Å². The Morgan fingerprint density at radius 2 is 2.06 bits per heavy atom. The SMILES string of the molecule is CC(C)n1cnnc1-c1cccc(NC(=O)c2cc(-n3cnc(C4CC4)c3)c3n(c2=O)CCC3)n1. The average molecular weight is 471 g/mol. The number of carbonyl (C=O) groups is 1. The first-order chi connectivity index (χ1) is 17.0. The summed E-state index contributed by atoms with van der Waals surface area (Å²) < 4.78 is 5.57. The number of fused-ring (bicyclic) bond motifs is 1. The number of amides is 1. The molecule has 0 radical (unpaired) electrons. The molecule has 2 aliphatic rings. The zero-order valence-electron chi connectivity index (χ0n) is 19.7. The Morgan fingerprint density at radius 1 is 1.20 bits per heavy atom. The number of imidazole rings is 1. The van der Waals surface area contributed by atoms with E-state index in [9.17, 15) is 9.59 Å². The number of hydrogen-bond donors (Lipinski definition) is 1. The van der Waals surface area contributed by atoms with Crippen LogP contribution in [-0.4, -0.2) is 39.8 Å². The Labute approximate surface area is 201 Å². The van der Waals surface area contributed by atoms with E-state index in [0.29, 0.717) is 29.8 Å². The number of nitrogens with one attached hydrogen (secondary N) is 1. The van der Waals surface area contributed by atoms with E-state index in [0.717, 1.165) is 42.8 Å². The van der Waals surface area contributed by atoms with Crippen molar-refractivity contribution in [3.63, 3.8) is 0 Å². The lowest BCUT2D eigenvalue weighted by Crippen LogP contribution is -2.30. The number of hydrogen-bond acceptors (Lipinski definition) is 6. The quantitative estimate of drug-likeness (QED) is 0.462. The predicted octanol–water partition coefficient (Wildman–Crippen LogP) is 3.34. The Kier molecular flexibility index (Phi) is 5.09. The fourth-order valence-corrected chi connectivity index (χ4v) is 4.65. The van der Waals surface area contributed by atoms with Crippen molar-refractivity contribution in [3.05, 3.63) is 70.4 Å². The van der Waals surface area contributed by atoms with E-state index in [2.05, 4.69) is 25.5 Å². The predicted molar refractivity (Wildman–Crippen MR) is 130 cm³/mol. The third-order valence-corrected chi connectivity index (χ3v) is 6.64. The molecule has 4 aromatic heterocycles. The molecular weight excluding hydrogens is 444 g/mol. The Bertz CT molecular complexity index is 1490. The van der Waals surface area contributed by atoms with Crippen LogP contribution in [0.5, 0.6) is 0 Å². The van der Waals surface area contributed by atoms with E-state index in [1.54, 1.807) is 35.4 Å². The Morgan fingerprint density at radius 3 is 2.86 bits per heavy atom. The molecule has 4 aromatic rings. The summed E-state index contributed by atoms with van der Waals surface area (Å²) in [7, 11) is 0. The molecule has 0 saturated heterocycles. The average Bonchev–Trinajstić information content (AvgIpc) is 3.25. The highest BCUT2D eigenvalue weighted by Gasteiger charge is 2.28. The maximum atomic E-state index is 13.3. The highest BCUT2D eigenvalue weighted by Crippen LogP contribution is 2.39. The van der Waals surface area contributed by atoms with Crippen molar-refractivity contribution in [2.45, 2.75) is 58.0 Å². The summed E-state index contributed by atoms with van der Waals surface area (Å²) in [6.07, 6.45) is 9.46. The van der Waals surface area contributed by atoms with Gasteiger partial charge in [0.05, 0.1) is 17.7 Å². The molecule has 0 unspecified atom stereocenters. The molecule has 0 spiro atoms. The molecule has 178 valence electrons. The summed E-state index contributed by atoms with van der Waals surface area (Å²) in [5, 5.41) is 11.0. The van der Waals surface area contributed by atoms with Crippen LogP contribution >= 0.6 is 0 Å². The van der Waals surface area contributed by atoms with Crippen LogP contribution in [0.25, 0.3) is 17.2 Å². The van der Waals surface area contributed by atoms with Gasteiger partial charge in [0, 0.05) is 30.4 Å². The maximum Gasteiger partial charge on any atom is 0.263 e. The lowest BCUT2D eigenvalue weighted by Gasteiger charge is -2.14. The summed E-state index contributed by atoms with van der Waals surface area (Å²) in [6, 6.07) is 7.15. The van der Waals surface area contributed by atoms with Crippen LogP contribution in [0.15, 0.2) is 47.9 Å². The third kappa shape index (κ3) is 3.84. The van der Waals surface area contributed by atoms with Gasteiger partial charge in [-0.3, -0.25) is 9.59 Å². The molecule has 35 heavy (non-hydrogen) atoms. The van der Waals surface area contributed by atoms with Gasteiger partial charge >= 0.3 is 0 Å². The van der Waals surface area contributed by atoms with Gasteiger partial charge in [-0.05, 0) is 57.7 Å². The van der Waals surface area contributed by atoms with Gasteiger partial charge in [-0.1, -0.05) is 6.07 Å². The van der Waals surface area contributed by atoms with Crippen LogP contribution in [-0.2, 0) is 13.0 Å². The van der Waals surface area contributed by atoms with Crippen molar-refractivity contribution in [3.8, 4) is 17.2 Å². The number of anilines is 1. The summed E-state index contributed by atoms with van der Waals surface area (Å²) in [5.74, 6) is 0.993. The van der Waals surface area contributed by atoms with Gasteiger partial charge in [0.1, 0.15) is 23.4 Å². The van der Waals surface area contributed by atoms with Gasteiger partial charge in [0.15, 0.2) is 5.82 Å². The minimum absolute atomic E-state index is 0.0878. The molecule has 0 bridgehead atoms. The lowest BCUT2D eigenvalue weighted by molar-refractivity contribution is 0.102. The van der Waals surface area contributed by atoms with Crippen LogP contribution in [0.3, 0.4) is 0 Å². The molecule has 1 amide bonds. The molecule has 5 heterocycles. The van der Waals surface area contributed by atoms with Crippen LogP contribution in [0.4, 0.5) is 5.82 Å². The fourth-order valence-electron chi connectivity index (χ4n) is 4.65. The second kappa shape index (κ2) is 8.30. The zero-order valence-corrected chi connectivity index (χ0v) is 19.7. The number of aromatic nitrogens is 7. The standard InChI is InChI=1S/C25H26N8O2/c1-15(2)33-14-27-30-23(33)18-5-3-7-22(28-18)29-24(34)17-11-21(20-6-4-10-32(20)25(17)35)31-12-19(26-13-31)16-8-9-16/h3,5,7,11-16H,4,6,8-10H2,1-2H3,(H,28,29,34). The van der Waals surface area contributed by atoms with Gasteiger partial charge in [-0.25, -0.2) is 9.97 Å². The van der Waals surface area contributed by atoms with E-state index in [4.69, 9.17) is 0 Å². The fraction of sp³-hybridized carbons (Fsp3) is 0.360. The molecule has 1 N–H and O–H groups in total. The molecule has 6 rings (SSSR count). The van der Waals surface area contributed by atoms with Crippen molar-refractivity contribution >= 4 is 11.7 Å². The van der Waals surface area contributed by atoms with Gasteiger partial charge in [-0.2, -0.15) is 0 Å². The van der Waals surface area contributed by atoms with Gasteiger partial charge in [0.25, 0.3) is 11.5 Å². The summed E-state index contributed by atoms with van der Waals surface area (Å²) >= 11 is 0. The van der Waals surface area contributed by atoms with Gasteiger partial charge in [-0.15, -0.1) is 10.2 Å². The molecule has 0 atom stereocenters. The van der Waals surface area contributed by atoms with Gasteiger partial charge < -0.3 is 19.0 Å². The van der Waals surface area contributed by atoms with Gasteiger partial charge in [0.2, 0.25) is 0 Å². The molecule has 1 aliphatic carbocycles. The van der Waals surface area contributed by atoms with E-state index < -0.39 is 5.91 Å². The van der Waals surface area contributed by atoms with Crippen LogP contribution in [0, 0.1) is 0 Å². The molecule has 1 aliphatic heterocycles. The maximum absolute atomic E-state index is 13.3. The first-order valence-electron chi connectivity index (χ1n) is 12.0. The lowest BCUT2D eigenvalue weighted by atomic mass is 10.1. The van der Waals surface area contributed by atoms with Crippen molar-refractivity contribution in [2.24, 2.45) is 0 Å². The Balaban J connectivity index is 1.34. The number of rotatable bonds is 6. The zero-order chi connectivity index (χ0) is 24.1. The van der Waals surface area contributed by atoms with Crippen molar-refractivity contribution in [2.75, 3.05) is 5.32 Å². The Hall–Kier alpha value is -4.08. The summed E-state index contributed by atoms with van der Waals surface area (Å²) in [6.45, 7) is 4.67. The second-order valence-corrected chi connectivity index (χ2v) is 9.45. The molecular formula is C25H26N8O2. The minimum atomic E-state index is -0.490. The monoisotopic (exact) mass is 470 g/mol. The van der Waals surface area contributed by atoms with E-state index in [1.807, 2.05) is 35.2 Å². The molecule has 1 saturated carbocycles. The summed E-state index contributed by atoms with van der Waals surface area (Å²) in [4.78, 5) is 35.6. The van der Waals surface area contributed by atoms with Crippen LogP contribution in [0.1, 0.15) is 66.8 Å². The third-order valence-electron chi connectivity index (χ3n) is 6.64. The molecule has 10 heteroatoms. The number of pyridine rings is 2. The summed E-state index contributed by atoms with van der Waals surface area (Å²) in [5.41, 5.74) is 3.24. The second-order valence-electron chi connectivity index (χ2n) is 9.45. The minimum Gasteiger partial charge on any atom is -0.310 e. The molecule has 0 aromatic carbocycles. The highest BCUT2D eigenvalue weighted by molar-refractivity contribution is 6.04. The topological polar surface area (TPSA) is 113 Å². The van der Waals surface area contributed by atoms with E-state index in [-0.39, 0.29) is 17.2 Å².